The van der Waals surface area contributed by atoms with Crippen molar-refractivity contribution >= 4 is 27.5 Å². The summed E-state index contributed by atoms with van der Waals surface area (Å²) in [6, 6.07) is 7.97. The third kappa shape index (κ3) is 3.28. The van der Waals surface area contributed by atoms with Crippen molar-refractivity contribution in [1.82, 2.24) is 19.8 Å². The number of fused-ring (bicyclic) bond motifs is 1. The number of hydrogen-bond acceptors (Lipinski definition) is 5. The Morgan fingerprint density at radius 1 is 1.20 bits per heavy atom. The van der Waals surface area contributed by atoms with Crippen LogP contribution in [0.25, 0.3) is 16.8 Å². The van der Waals surface area contributed by atoms with Crippen molar-refractivity contribution < 1.29 is 9.53 Å². The minimum atomic E-state index is -0.460. The van der Waals surface area contributed by atoms with E-state index in [0.717, 1.165) is 33.4 Å². The van der Waals surface area contributed by atoms with Crippen molar-refractivity contribution in [3.63, 3.8) is 0 Å². The lowest BCUT2D eigenvalue weighted by atomic mass is 10.1. The third-order valence-electron chi connectivity index (χ3n) is 3.90. The maximum atomic E-state index is 12.2. The lowest BCUT2D eigenvalue weighted by Crippen LogP contribution is -2.16. The fraction of sp³-hybridized carbons (Fsp3) is 0.333. The van der Waals surface area contributed by atoms with Gasteiger partial charge in [-0.15, -0.1) is 10.2 Å². The molecular formula is C18H19BrN4O2. The molecule has 130 valence electrons. The lowest BCUT2D eigenvalue weighted by Gasteiger charge is -2.08. The van der Waals surface area contributed by atoms with Gasteiger partial charge in [0.05, 0.1) is 23.6 Å². The average molecular weight is 403 g/mol. The fourth-order valence-corrected chi connectivity index (χ4v) is 3.09. The van der Waals surface area contributed by atoms with E-state index in [-0.39, 0.29) is 5.69 Å². The molecule has 0 fully saturated rings. The molecule has 0 unspecified atom stereocenters. The molecule has 0 amide bonds. The molecule has 25 heavy (non-hydrogen) atoms. The van der Waals surface area contributed by atoms with Crippen molar-refractivity contribution in [2.75, 3.05) is 6.61 Å². The Morgan fingerprint density at radius 2 is 1.92 bits per heavy atom. The van der Waals surface area contributed by atoms with Gasteiger partial charge in [-0.25, -0.2) is 9.31 Å². The molecule has 3 aromatic rings. The number of carbonyl (C=O) groups is 1. The second kappa shape index (κ2) is 7.31. The molecule has 7 heteroatoms. The van der Waals surface area contributed by atoms with Gasteiger partial charge in [0.1, 0.15) is 0 Å². The van der Waals surface area contributed by atoms with Crippen molar-refractivity contribution in [3.05, 3.63) is 45.8 Å². The fourth-order valence-electron chi connectivity index (χ4n) is 2.82. The first-order valence-corrected chi connectivity index (χ1v) is 9.04. The molecule has 0 saturated heterocycles. The Bertz CT molecular complexity index is 919. The van der Waals surface area contributed by atoms with E-state index in [1.165, 1.54) is 0 Å². The van der Waals surface area contributed by atoms with Gasteiger partial charge in [0.2, 0.25) is 0 Å². The number of rotatable bonds is 5. The summed E-state index contributed by atoms with van der Waals surface area (Å²) in [6.45, 7) is 6.05. The van der Waals surface area contributed by atoms with Gasteiger partial charge in [-0.1, -0.05) is 41.4 Å². The van der Waals surface area contributed by atoms with Gasteiger partial charge in [-0.3, -0.25) is 0 Å². The molecular weight excluding hydrogens is 384 g/mol. The zero-order valence-corrected chi connectivity index (χ0v) is 16.0. The predicted molar refractivity (Wildman–Crippen MR) is 98.6 cm³/mol. The molecule has 0 aliphatic rings. The first-order valence-electron chi connectivity index (χ1n) is 8.24. The van der Waals surface area contributed by atoms with E-state index in [1.807, 2.05) is 38.1 Å². The standard InChI is InChI=1S/C18H19BrN4O2/c1-4-6-14-16(18(24)25-5-2)20-21-17-15(11(3)22-23(14)17)12-7-9-13(19)10-8-12/h7-10H,4-6H2,1-3H3. The van der Waals surface area contributed by atoms with Crippen LogP contribution in [0.15, 0.2) is 28.7 Å². The van der Waals surface area contributed by atoms with E-state index in [1.54, 1.807) is 11.4 Å². The number of carbonyl (C=O) groups excluding carboxylic acids is 1. The molecule has 0 N–H and O–H groups in total. The number of hydrogen-bond donors (Lipinski definition) is 0. The van der Waals surface area contributed by atoms with Crippen molar-refractivity contribution in [2.24, 2.45) is 0 Å². The second-order valence-corrected chi connectivity index (χ2v) is 6.58. The van der Waals surface area contributed by atoms with Gasteiger partial charge >= 0.3 is 5.97 Å². The average Bonchev–Trinajstić information content (AvgIpc) is 2.93. The molecule has 3 rings (SSSR count). The smallest absolute Gasteiger partial charge is 0.360 e. The van der Waals surface area contributed by atoms with Crippen molar-refractivity contribution in [1.29, 1.82) is 0 Å². The predicted octanol–water partition coefficient (Wildman–Crippen LogP) is 3.99. The normalized spacial score (nSPS) is 11.0. The summed E-state index contributed by atoms with van der Waals surface area (Å²) in [5, 5.41) is 13.1. The molecule has 1 aromatic carbocycles. The molecule has 0 spiro atoms. The number of halogens is 1. The van der Waals surface area contributed by atoms with Crippen LogP contribution in [-0.4, -0.2) is 32.4 Å². The van der Waals surface area contributed by atoms with Crippen LogP contribution < -0.4 is 0 Å². The van der Waals surface area contributed by atoms with E-state index in [4.69, 9.17) is 4.74 Å². The van der Waals surface area contributed by atoms with Crippen LogP contribution in [0.3, 0.4) is 0 Å². The van der Waals surface area contributed by atoms with Crippen LogP contribution in [0.4, 0.5) is 0 Å². The van der Waals surface area contributed by atoms with E-state index in [0.29, 0.717) is 18.7 Å². The van der Waals surface area contributed by atoms with Gasteiger partial charge in [0.15, 0.2) is 11.3 Å². The minimum Gasteiger partial charge on any atom is -0.461 e. The lowest BCUT2D eigenvalue weighted by molar-refractivity contribution is 0.0515. The van der Waals surface area contributed by atoms with Crippen LogP contribution in [0.2, 0.25) is 0 Å². The number of nitrogens with zero attached hydrogens (tertiary/aromatic N) is 4. The molecule has 0 aliphatic heterocycles. The first-order chi connectivity index (χ1) is 12.1. The maximum absolute atomic E-state index is 12.2. The SMILES string of the molecule is CCCc1c(C(=O)OCC)nnc2c(-c3ccc(Br)cc3)c(C)nn12. The highest BCUT2D eigenvalue weighted by molar-refractivity contribution is 9.10. The summed E-state index contributed by atoms with van der Waals surface area (Å²) < 4.78 is 7.85. The third-order valence-corrected chi connectivity index (χ3v) is 4.43. The molecule has 2 heterocycles. The summed E-state index contributed by atoms with van der Waals surface area (Å²) in [5.74, 6) is -0.460. The zero-order valence-electron chi connectivity index (χ0n) is 14.4. The van der Waals surface area contributed by atoms with E-state index < -0.39 is 5.97 Å². The van der Waals surface area contributed by atoms with Gasteiger partial charge in [0.25, 0.3) is 0 Å². The molecule has 0 atom stereocenters. The topological polar surface area (TPSA) is 69.4 Å². The van der Waals surface area contributed by atoms with Gasteiger partial charge in [-0.05, 0) is 38.0 Å². The summed E-state index contributed by atoms with van der Waals surface area (Å²) in [4.78, 5) is 12.2. The van der Waals surface area contributed by atoms with Crippen LogP contribution in [0.5, 0.6) is 0 Å². The molecule has 2 aromatic heterocycles. The molecule has 0 aliphatic carbocycles. The van der Waals surface area contributed by atoms with E-state index >= 15 is 0 Å². The van der Waals surface area contributed by atoms with Gasteiger partial charge in [-0.2, -0.15) is 5.10 Å². The van der Waals surface area contributed by atoms with E-state index in [2.05, 4.69) is 31.2 Å². The highest BCUT2D eigenvalue weighted by Crippen LogP contribution is 2.29. The zero-order chi connectivity index (χ0) is 18.0. The quantitative estimate of drug-likeness (QED) is 0.603. The van der Waals surface area contributed by atoms with Crippen LogP contribution in [-0.2, 0) is 11.2 Å². The highest BCUT2D eigenvalue weighted by atomic mass is 79.9. The minimum absolute atomic E-state index is 0.237. The molecule has 0 saturated carbocycles. The van der Waals surface area contributed by atoms with Gasteiger partial charge in [0, 0.05) is 4.47 Å². The summed E-state index contributed by atoms with van der Waals surface area (Å²) >= 11 is 3.45. The number of ether oxygens (including phenoxy) is 1. The Labute approximate surface area is 154 Å². The molecule has 0 bridgehead atoms. The highest BCUT2D eigenvalue weighted by Gasteiger charge is 2.22. The Balaban J connectivity index is 2.22. The van der Waals surface area contributed by atoms with Crippen LogP contribution in [0, 0.1) is 6.92 Å². The summed E-state index contributed by atoms with van der Waals surface area (Å²) in [7, 11) is 0. The van der Waals surface area contributed by atoms with Crippen LogP contribution >= 0.6 is 15.9 Å². The molecule has 6 nitrogen and oxygen atoms in total. The van der Waals surface area contributed by atoms with E-state index in [9.17, 15) is 4.79 Å². The number of esters is 1. The monoisotopic (exact) mass is 402 g/mol. The van der Waals surface area contributed by atoms with Crippen molar-refractivity contribution in [2.45, 2.75) is 33.6 Å². The maximum Gasteiger partial charge on any atom is 0.360 e. The number of benzene rings is 1. The second-order valence-electron chi connectivity index (χ2n) is 5.67. The van der Waals surface area contributed by atoms with Crippen molar-refractivity contribution in [3.8, 4) is 11.1 Å². The van der Waals surface area contributed by atoms with Gasteiger partial charge < -0.3 is 4.74 Å². The Kier molecular flexibility index (Phi) is 5.13. The Morgan fingerprint density at radius 3 is 2.56 bits per heavy atom. The summed E-state index contributed by atoms with van der Waals surface area (Å²) in [5.41, 5.74) is 4.40. The largest absolute Gasteiger partial charge is 0.461 e. The number of aryl methyl sites for hydroxylation is 2. The molecule has 0 radical (unpaired) electrons. The summed E-state index contributed by atoms with van der Waals surface area (Å²) in [6.07, 6.45) is 1.53. The Hall–Kier alpha value is -2.28. The first kappa shape index (κ1) is 17.5. The number of aromatic nitrogens is 4. The van der Waals surface area contributed by atoms with Crippen LogP contribution in [0.1, 0.15) is 42.1 Å².